The summed E-state index contributed by atoms with van der Waals surface area (Å²) in [6.45, 7) is 1.98. The van der Waals surface area contributed by atoms with Gasteiger partial charge >= 0.3 is 5.97 Å². The van der Waals surface area contributed by atoms with E-state index >= 15 is 0 Å². The molecule has 0 fully saturated rings. The van der Waals surface area contributed by atoms with Crippen molar-refractivity contribution in [2.24, 2.45) is 0 Å². The van der Waals surface area contributed by atoms with E-state index in [2.05, 4.69) is 10.4 Å². The molecule has 0 radical (unpaired) electrons. The second kappa shape index (κ2) is 8.59. The van der Waals surface area contributed by atoms with Crippen molar-refractivity contribution < 1.29 is 14.3 Å². The number of hydrogen-bond acceptors (Lipinski definition) is 6. The van der Waals surface area contributed by atoms with E-state index in [-0.39, 0.29) is 24.2 Å². The van der Waals surface area contributed by atoms with Crippen LogP contribution in [0.4, 0.5) is 0 Å². The average molecular weight is 342 g/mol. The minimum Gasteiger partial charge on any atom is -0.451 e. The van der Waals surface area contributed by atoms with E-state index < -0.39 is 18.5 Å². The van der Waals surface area contributed by atoms with E-state index in [1.54, 1.807) is 24.3 Å². The Hall–Kier alpha value is -3.21. The van der Waals surface area contributed by atoms with Gasteiger partial charge in [-0.05, 0) is 12.5 Å². The third-order valence-corrected chi connectivity index (χ3v) is 3.39. The lowest BCUT2D eigenvalue weighted by molar-refractivity contribution is -0.124. The number of benzene rings is 1. The Morgan fingerprint density at radius 1 is 1.32 bits per heavy atom. The summed E-state index contributed by atoms with van der Waals surface area (Å²) in [5.74, 6) is -1.29. The number of nitrogens with one attached hydrogen (secondary N) is 1. The van der Waals surface area contributed by atoms with Gasteiger partial charge in [0.25, 0.3) is 11.5 Å². The Labute approximate surface area is 144 Å². The van der Waals surface area contributed by atoms with E-state index in [1.807, 2.05) is 13.0 Å². The normalized spacial score (nSPS) is 10.2. The third kappa shape index (κ3) is 4.41. The van der Waals surface area contributed by atoms with Crippen LogP contribution in [0.15, 0.2) is 29.1 Å². The minimum atomic E-state index is -0.781. The van der Waals surface area contributed by atoms with Gasteiger partial charge in [0.05, 0.1) is 17.9 Å². The van der Waals surface area contributed by atoms with Crippen molar-refractivity contribution in [3.63, 3.8) is 0 Å². The van der Waals surface area contributed by atoms with Crippen LogP contribution in [0.25, 0.3) is 10.8 Å². The monoisotopic (exact) mass is 342 g/mol. The van der Waals surface area contributed by atoms with Gasteiger partial charge in [-0.3, -0.25) is 9.59 Å². The fourth-order valence-corrected chi connectivity index (χ4v) is 2.26. The molecule has 2 rings (SSSR count). The number of esters is 1. The molecule has 1 amide bonds. The Bertz CT molecular complexity index is 882. The summed E-state index contributed by atoms with van der Waals surface area (Å²) in [5, 5.41) is 15.7. The average Bonchev–Trinajstić information content (AvgIpc) is 2.62. The number of ether oxygens (including phenoxy) is 1. The summed E-state index contributed by atoms with van der Waals surface area (Å²) in [4.78, 5) is 36.3. The zero-order chi connectivity index (χ0) is 18.2. The second-order valence-corrected chi connectivity index (χ2v) is 5.26. The van der Waals surface area contributed by atoms with Crippen LogP contribution in [0.1, 0.15) is 30.3 Å². The molecule has 25 heavy (non-hydrogen) atoms. The summed E-state index contributed by atoms with van der Waals surface area (Å²) in [6, 6.07) is 8.53. The molecule has 0 aliphatic carbocycles. The highest BCUT2D eigenvalue weighted by molar-refractivity contribution is 6.02. The number of carbonyl (C=O) groups is 2. The summed E-state index contributed by atoms with van der Waals surface area (Å²) in [5.41, 5.74) is -0.281. The molecule has 0 saturated carbocycles. The predicted molar refractivity (Wildman–Crippen MR) is 89.8 cm³/mol. The zero-order valence-corrected chi connectivity index (χ0v) is 13.8. The van der Waals surface area contributed by atoms with Gasteiger partial charge in [0, 0.05) is 18.5 Å². The third-order valence-electron chi connectivity index (χ3n) is 3.39. The number of amides is 1. The van der Waals surface area contributed by atoms with Crippen molar-refractivity contribution in [3.8, 4) is 6.07 Å². The molecule has 1 N–H and O–H groups in total. The van der Waals surface area contributed by atoms with Gasteiger partial charge < -0.3 is 10.1 Å². The number of aromatic nitrogens is 2. The first-order chi connectivity index (χ1) is 12.1. The SMILES string of the molecule is CCCn1nc(C(=O)OCC(=O)NCCC#N)c2ccccc2c1=O. The van der Waals surface area contributed by atoms with E-state index in [0.717, 1.165) is 0 Å². The highest BCUT2D eigenvalue weighted by Crippen LogP contribution is 2.14. The number of aryl methyl sites for hydroxylation is 1. The first-order valence-electron chi connectivity index (χ1n) is 7.89. The van der Waals surface area contributed by atoms with E-state index in [4.69, 9.17) is 10.00 Å². The van der Waals surface area contributed by atoms with Gasteiger partial charge in [-0.25, -0.2) is 9.48 Å². The number of fused-ring (bicyclic) bond motifs is 1. The Balaban J connectivity index is 2.23. The molecule has 0 saturated heterocycles. The van der Waals surface area contributed by atoms with E-state index in [9.17, 15) is 14.4 Å². The number of carbonyl (C=O) groups excluding carboxylic acids is 2. The molecule has 0 aliphatic rings. The van der Waals surface area contributed by atoms with E-state index in [1.165, 1.54) is 4.68 Å². The molecule has 2 aromatic rings. The van der Waals surface area contributed by atoms with Crippen LogP contribution >= 0.6 is 0 Å². The lowest BCUT2D eigenvalue weighted by Crippen LogP contribution is -2.30. The first kappa shape index (κ1) is 18.1. The number of hydrogen-bond donors (Lipinski definition) is 1. The summed E-state index contributed by atoms with van der Waals surface area (Å²) >= 11 is 0. The van der Waals surface area contributed by atoms with Crippen LogP contribution in [0.5, 0.6) is 0 Å². The van der Waals surface area contributed by atoms with Crippen LogP contribution in [0.3, 0.4) is 0 Å². The smallest absolute Gasteiger partial charge is 0.359 e. The fraction of sp³-hybridized carbons (Fsp3) is 0.353. The Morgan fingerprint density at radius 3 is 2.72 bits per heavy atom. The maximum absolute atomic E-state index is 12.4. The summed E-state index contributed by atoms with van der Waals surface area (Å²) < 4.78 is 6.22. The molecule has 8 heteroatoms. The van der Waals surface area contributed by atoms with Crippen molar-refractivity contribution in [2.45, 2.75) is 26.3 Å². The molecule has 0 aliphatic heterocycles. The second-order valence-electron chi connectivity index (χ2n) is 5.26. The van der Waals surface area contributed by atoms with Crippen molar-refractivity contribution in [2.75, 3.05) is 13.2 Å². The lowest BCUT2D eigenvalue weighted by atomic mass is 10.1. The first-order valence-corrected chi connectivity index (χ1v) is 7.89. The molecule has 0 unspecified atom stereocenters. The van der Waals surface area contributed by atoms with Crippen molar-refractivity contribution in [3.05, 3.63) is 40.3 Å². The van der Waals surface area contributed by atoms with Crippen LogP contribution in [0, 0.1) is 11.3 Å². The lowest BCUT2D eigenvalue weighted by Gasteiger charge is -2.10. The fourth-order valence-electron chi connectivity index (χ4n) is 2.26. The predicted octanol–water partition coefficient (Wildman–Crippen LogP) is 0.993. The van der Waals surface area contributed by atoms with Gasteiger partial charge in [0.2, 0.25) is 0 Å². The Morgan fingerprint density at radius 2 is 2.04 bits per heavy atom. The highest BCUT2D eigenvalue weighted by atomic mass is 16.5. The van der Waals surface area contributed by atoms with Crippen LogP contribution in [-0.2, 0) is 16.1 Å². The maximum atomic E-state index is 12.4. The van der Waals surface area contributed by atoms with Crippen molar-refractivity contribution in [1.82, 2.24) is 15.1 Å². The summed E-state index contributed by atoms with van der Waals surface area (Å²) in [6.07, 6.45) is 0.856. The molecule has 1 aromatic carbocycles. The molecule has 1 aromatic heterocycles. The number of nitriles is 1. The van der Waals surface area contributed by atoms with Gasteiger partial charge in [0.15, 0.2) is 12.3 Å². The van der Waals surface area contributed by atoms with Crippen LogP contribution in [0.2, 0.25) is 0 Å². The minimum absolute atomic E-state index is 0.00604. The molecule has 1 heterocycles. The quantitative estimate of drug-likeness (QED) is 0.593. The molecule has 130 valence electrons. The molecule has 0 bridgehead atoms. The zero-order valence-electron chi connectivity index (χ0n) is 13.8. The number of nitrogens with zero attached hydrogens (tertiary/aromatic N) is 3. The highest BCUT2D eigenvalue weighted by Gasteiger charge is 2.18. The summed E-state index contributed by atoms with van der Waals surface area (Å²) in [7, 11) is 0. The standard InChI is InChI=1S/C17H18N4O4/c1-2-10-21-16(23)13-7-4-3-6-12(13)15(20-21)17(24)25-11-14(22)19-9-5-8-18/h3-4,6-7H,2,5,9-11H2,1H3,(H,19,22). The molecular formula is C17H18N4O4. The van der Waals surface area contributed by atoms with E-state index in [0.29, 0.717) is 23.7 Å². The van der Waals surface area contributed by atoms with Gasteiger partial charge in [-0.1, -0.05) is 25.1 Å². The largest absolute Gasteiger partial charge is 0.451 e. The number of rotatable bonds is 7. The van der Waals surface area contributed by atoms with Gasteiger partial charge in [-0.15, -0.1) is 0 Å². The van der Waals surface area contributed by atoms with Gasteiger partial charge in [0.1, 0.15) is 0 Å². The van der Waals surface area contributed by atoms with Crippen molar-refractivity contribution >= 4 is 22.6 Å². The topological polar surface area (TPSA) is 114 Å². The molecule has 8 nitrogen and oxygen atoms in total. The Kier molecular flexibility index (Phi) is 6.23. The molecular weight excluding hydrogens is 324 g/mol. The maximum Gasteiger partial charge on any atom is 0.359 e. The molecule has 0 atom stereocenters. The van der Waals surface area contributed by atoms with Crippen LogP contribution in [-0.4, -0.2) is 34.8 Å². The molecule has 0 spiro atoms. The van der Waals surface area contributed by atoms with Gasteiger partial charge in [-0.2, -0.15) is 10.4 Å². The van der Waals surface area contributed by atoms with Crippen molar-refractivity contribution in [1.29, 1.82) is 5.26 Å². The van der Waals surface area contributed by atoms with Crippen LogP contribution < -0.4 is 10.9 Å².